The van der Waals surface area contributed by atoms with Crippen LogP contribution in [0.1, 0.15) is 0 Å². The lowest BCUT2D eigenvalue weighted by molar-refractivity contribution is 1.32. The zero-order valence-corrected chi connectivity index (χ0v) is 15.9. The lowest BCUT2D eigenvalue weighted by Gasteiger charge is -2.19. The van der Waals surface area contributed by atoms with Gasteiger partial charge in [-0.15, -0.1) is 0 Å². The molecule has 4 heteroatoms. The minimum Gasteiger partial charge on any atom is -0.354 e. The lowest BCUT2D eigenvalue weighted by atomic mass is 10.2. The van der Waals surface area contributed by atoms with E-state index in [2.05, 4.69) is 63.8 Å². The van der Waals surface area contributed by atoms with Crippen molar-refractivity contribution in [2.75, 3.05) is 5.32 Å². The van der Waals surface area contributed by atoms with Crippen molar-refractivity contribution in [3.8, 4) is 0 Å². The average molecular weight is 379 g/mol. The van der Waals surface area contributed by atoms with Gasteiger partial charge in [0.15, 0.2) is 0 Å². The summed E-state index contributed by atoms with van der Waals surface area (Å²) in [6, 6.07) is 32.6. The van der Waals surface area contributed by atoms with Crippen LogP contribution in [-0.4, -0.2) is 9.97 Å². The van der Waals surface area contributed by atoms with Gasteiger partial charge in [0.05, 0.1) is 33.4 Å². The molecule has 1 aliphatic heterocycles. The van der Waals surface area contributed by atoms with E-state index in [0.29, 0.717) is 0 Å². The number of benzene rings is 4. The molecular formula is C24H17N3S. The summed E-state index contributed by atoms with van der Waals surface area (Å²) < 4.78 is 0. The third-order valence-electron chi connectivity index (χ3n) is 4.51. The highest BCUT2D eigenvalue weighted by Crippen LogP contribution is 2.43. The molecule has 0 aliphatic carbocycles. The normalized spacial score (nSPS) is 11.7. The maximum Gasteiger partial charge on any atom is 0.0894 e. The summed E-state index contributed by atoms with van der Waals surface area (Å²) >= 11 is 1.82. The molecule has 5 aromatic rings. The van der Waals surface area contributed by atoms with Crippen molar-refractivity contribution in [2.24, 2.45) is 0 Å². The summed E-state index contributed by atoms with van der Waals surface area (Å²) in [6.07, 6.45) is 0. The van der Waals surface area contributed by atoms with Crippen molar-refractivity contribution in [1.82, 2.24) is 9.97 Å². The molecule has 2 heterocycles. The van der Waals surface area contributed by atoms with Gasteiger partial charge in [0, 0.05) is 9.79 Å². The molecule has 6 rings (SSSR count). The molecule has 1 aromatic heterocycles. The first-order valence-corrected chi connectivity index (χ1v) is 9.93. The summed E-state index contributed by atoms with van der Waals surface area (Å²) in [7, 11) is 0. The minimum atomic E-state index is 0.950. The monoisotopic (exact) mass is 379 g/mol. The highest BCUT2D eigenvalue weighted by molar-refractivity contribution is 7.99. The second-order valence-corrected chi connectivity index (χ2v) is 7.50. The van der Waals surface area contributed by atoms with Gasteiger partial charge in [-0.3, -0.25) is 0 Å². The lowest BCUT2D eigenvalue weighted by Crippen LogP contribution is -1.98. The summed E-state index contributed by atoms with van der Waals surface area (Å²) in [4.78, 5) is 11.6. The van der Waals surface area contributed by atoms with Gasteiger partial charge in [-0.1, -0.05) is 60.3 Å². The first-order chi connectivity index (χ1) is 13.9. The number of hydrogen-bond donors (Lipinski definition) is 1. The molecule has 1 aliphatic rings. The Morgan fingerprint density at radius 3 is 1.25 bits per heavy atom. The number of rotatable bonds is 0. The van der Waals surface area contributed by atoms with Gasteiger partial charge >= 0.3 is 0 Å². The van der Waals surface area contributed by atoms with Gasteiger partial charge in [0.2, 0.25) is 0 Å². The van der Waals surface area contributed by atoms with E-state index in [1.807, 2.05) is 60.3 Å². The molecule has 0 bridgehead atoms. The van der Waals surface area contributed by atoms with Crippen molar-refractivity contribution < 1.29 is 0 Å². The molecule has 0 amide bonds. The number of nitrogens with one attached hydrogen (secondary N) is 1. The van der Waals surface area contributed by atoms with Crippen LogP contribution in [0, 0.1) is 0 Å². The van der Waals surface area contributed by atoms with E-state index in [0.717, 1.165) is 22.1 Å². The molecule has 1 N–H and O–H groups in total. The predicted octanol–water partition coefficient (Wildman–Crippen LogP) is 6.68. The molecule has 0 saturated carbocycles. The SMILES string of the molecule is c1ccc2c(c1)Nc1ccccc1S2.c1ccc2nc3ccccc3nc2c1. The van der Waals surface area contributed by atoms with Crippen molar-refractivity contribution in [3.05, 3.63) is 97.1 Å². The predicted molar refractivity (Wildman–Crippen MR) is 117 cm³/mol. The van der Waals surface area contributed by atoms with E-state index in [1.165, 1.54) is 21.2 Å². The van der Waals surface area contributed by atoms with Crippen LogP contribution in [0.3, 0.4) is 0 Å². The number of hydrogen-bond acceptors (Lipinski definition) is 4. The Morgan fingerprint density at radius 2 is 0.821 bits per heavy atom. The largest absolute Gasteiger partial charge is 0.354 e. The smallest absolute Gasteiger partial charge is 0.0894 e. The second kappa shape index (κ2) is 7.33. The Hall–Kier alpha value is -3.37. The van der Waals surface area contributed by atoms with Crippen molar-refractivity contribution in [1.29, 1.82) is 0 Å². The quantitative estimate of drug-likeness (QED) is 0.299. The van der Waals surface area contributed by atoms with E-state index in [4.69, 9.17) is 0 Å². The van der Waals surface area contributed by atoms with Crippen LogP contribution in [0.5, 0.6) is 0 Å². The van der Waals surface area contributed by atoms with Crippen LogP contribution in [0.4, 0.5) is 11.4 Å². The Bertz CT molecular complexity index is 1090. The number of anilines is 2. The summed E-state index contributed by atoms with van der Waals surface area (Å²) in [6.45, 7) is 0. The fraction of sp³-hybridized carbons (Fsp3) is 0. The van der Waals surface area contributed by atoms with E-state index < -0.39 is 0 Å². The molecule has 0 unspecified atom stereocenters. The fourth-order valence-electron chi connectivity index (χ4n) is 3.15. The highest BCUT2D eigenvalue weighted by atomic mass is 32.2. The van der Waals surface area contributed by atoms with Gasteiger partial charge in [-0.2, -0.15) is 0 Å². The number of aromatic nitrogens is 2. The highest BCUT2D eigenvalue weighted by Gasteiger charge is 2.13. The Kier molecular flexibility index (Phi) is 4.39. The summed E-state index contributed by atoms with van der Waals surface area (Å²) in [5.41, 5.74) is 6.21. The molecular weight excluding hydrogens is 362 g/mol. The second-order valence-electron chi connectivity index (χ2n) is 6.42. The van der Waals surface area contributed by atoms with Gasteiger partial charge in [0.25, 0.3) is 0 Å². The maximum atomic E-state index is 4.52. The van der Waals surface area contributed by atoms with Crippen LogP contribution in [0.2, 0.25) is 0 Å². The molecule has 0 radical (unpaired) electrons. The fourth-order valence-corrected chi connectivity index (χ4v) is 4.14. The zero-order valence-electron chi connectivity index (χ0n) is 15.0. The molecule has 0 spiro atoms. The van der Waals surface area contributed by atoms with Crippen molar-refractivity contribution in [2.45, 2.75) is 9.79 Å². The maximum absolute atomic E-state index is 4.52. The Balaban J connectivity index is 0.000000122. The Labute approximate surface area is 167 Å². The molecule has 0 saturated heterocycles. The van der Waals surface area contributed by atoms with E-state index in [9.17, 15) is 0 Å². The standard InChI is InChI=1S/C12H8N2.C12H9NS/c1-2-6-10-9(5-1)13-11-7-3-4-8-12(11)14-10;1-3-7-11-9(5-1)13-10-6-2-4-8-12(10)14-11/h1-8H;1-8,13H. The summed E-state index contributed by atoms with van der Waals surface area (Å²) in [5.74, 6) is 0. The zero-order chi connectivity index (χ0) is 18.8. The van der Waals surface area contributed by atoms with Gasteiger partial charge in [-0.05, 0) is 48.5 Å². The van der Waals surface area contributed by atoms with Crippen LogP contribution in [0.25, 0.3) is 22.1 Å². The van der Waals surface area contributed by atoms with E-state index >= 15 is 0 Å². The van der Waals surface area contributed by atoms with Crippen molar-refractivity contribution in [3.63, 3.8) is 0 Å². The molecule has 134 valence electrons. The van der Waals surface area contributed by atoms with E-state index in [1.54, 1.807) is 0 Å². The third-order valence-corrected chi connectivity index (χ3v) is 5.66. The Morgan fingerprint density at radius 1 is 0.464 bits per heavy atom. The molecule has 4 aromatic carbocycles. The third kappa shape index (κ3) is 3.30. The van der Waals surface area contributed by atoms with Crippen LogP contribution >= 0.6 is 11.8 Å². The summed E-state index contributed by atoms with van der Waals surface area (Å²) in [5, 5.41) is 3.42. The van der Waals surface area contributed by atoms with Gasteiger partial charge in [-0.25, -0.2) is 9.97 Å². The van der Waals surface area contributed by atoms with Crippen LogP contribution in [0.15, 0.2) is 107 Å². The minimum absolute atomic E-state index is 0.950. The topological polar surface area (TPSA) is 37.8 Å². The molecule has 0 atom stereocenters. The van der Waals surface area contributed by atoms with Crippen LogP contribution < -0.4 is 5.32 Å². The average Bonchev–Trinajstić information content (AvgIpc) is 2.76. The number of para-hydroxylation sites is 6. The van der Waals surface area contributed by atoms with Gasteiger partial charge in [0.1, 0.15) is 0 Å². The molecule has 0 fully saturated rings. The first-order valence-electron chi connectivity index (χ1n) is 9.11. The van der Waals surface area contributed by atoms with Gasteiger partial charge < -0.3 is 5.32 Å². The van der Waals surface area contributed by atoms with E-state index in [-0.39, 0.29) is 0 Å². The van der Waals surface area contributed by atoms with Crippen LogP contribution in [-0.2, 0) is 0 Å². The number of fused-ring (bicyclic) bond motifs is 4. The molecule has 3 nitrogen and oxygen atoms in total. The first kappa shape index (κ1) is 16.8. The van der Waals surface area contributed by atoms with Crippen molar-refractivity contribution >= 4 is 45.2 Å². The molecule has 28 heavy (non-hydrogen) atoms. The number of nitrogens with zero attached hydrogens (tertiary/aromatic N) is 2.